The van der Waals surface area contributed by atoms with Crippen LogP contribution in [0.1, 0.15) is 11.1 Å². The molecule has 0 aliphatic rings. The molecule has 0 radical (unpaired) electrons. The van der Waals surface area contributed by atoms with Crippen molar-refractivity contribution >= 4 is 38.9 Å². The van der Waals surface area contributed by atoms with Crippen molar-refractivity contribution in [2.24, 2.45) is 15.9 Å². The summed E-state index contributed by atoms with van der Waals surface area (Å²) in [6, 6.07) is 13.8. The van der Waals surface area contributed by atoms with Crippen molar-refractivity contribution in [3.8, 4) is 0 Å². The minimum atomic E-state index is -4.34. The Morgan fingerprint density at radius 3 is 2.54 bits per heavy atom. The zero-order chi connectivity index (χ0) is 17.6. The van der Waals surface area contributed by atoms with E-state index in [1.165, 1.54) is 36.2 Å². The SMILES string of the molecule is NC(=NN=Cc1ccc(S(=O)(=O)O)c(N)c1)SCc1ccccc1. The Morgan fingerprint density at radius 2 is 1.92 bits per heavy atom. The van der Waals surface area contributed by atoms with Gasteiger partial charge in [0.15, 0.2) is 5.17 Å². The normalized spacial score (nSPS) is 12.6. The first kappa shape index (κ1) is 18.0. The van der Waals surface area contributed by atoms with E-state index >= 15 is 0 Å². The molecule has 0 bridgehead atoms. The van der Waals surface area contributed by atoms with Crippen molar-refractivity contribution in [3.05, 3.63) is 59.7 Å². The first-order chi connectivity index (χ1) is 11.4. The molecule has 0 aliphatic heterocycles. The van der Waals surface area contributed by atoms with Crippen molar-refractivity contribution in [1.29, 1.82) is 0 Å². The lowest BCUT2D eigenvalue weighted by atomic mass is 10.2. The number of hydrogen-bond donors (Lipinski definition) is 3. The lowest BCUT2D eigenvalue weighted by molar-refractivity contribution is 0.483. The first-order valence-electron chi connectivity index (χ1n) is 6.76. The number of amidine groups is 1. The zero-order valence-corrected chi connectivity index (χ0v) is 14.2. The molecule has 2 aromatic carbocycles. The molecule has 0 heterocycles. The van der Waals surface area contributed by atoms with Gasteiger partial charge in [-0.1, -0.05) is 48.2 Å². The summed E-state index contributed by atoms with van der Waals surface area (Å²) in [7, 11) is -4.34. The highest BCUT2D eigenvalue weighted by Gasteiger charge is 2.13. The maximum absolute atomic E-state index is 11.1. The Bertz CT molecular complexity index is 866. The van der Waals surface area contributed by atoms with Crippen molar-refractivity contribution in [1.82, 2.24) is 0 Å². The van der Waals surface area contributed by atoms with Crippen molar-refractivity contribution in [2.75, 3.05) is 5.73 Å². The molecule has 0 aliphatic carbocycles. The van der Waals surface area contributed by atoms with Gasteiger partial charge >= 0.3 is 0 Å². The van der Waals surface area contributed by atoms with Gasteiger partial charge in [-0.3, -0.25) is 4.55 Å². The highest BCUT2D eigenvalue weighted by Crippen LogP contribution is 2.18. The van der Waals surface area contributed by atoms with Gasteiger partial charge in [0.2, 0.25) is 0 Å². The molecule has 24 heavy (non-hydrogen) atoms. The molecule has 2 aromatic rings. The predicted molar refractivity (Wildman–Crippen MR) is 97.6 cm³/mol. The van der Waals surface area contributed by atoms with Crippen LogP contribution in [0.5, 0.6) is 0 Å². The fraction of sp³-hybridized carbons (Fsp3) is 0.0667. The highest BCUT2D eigenvalue weighted by molar-refractivity contribution is 8.13. The Labute approximate surface area is 144 Å². The van der Waals surface area contributed by atoms with Crippen LogP contribution in [0, 0.1) is 0 Å². The topological polar surface area (TPSA) is 131 Å². The summed E-state index contributed by atoms with van der Waals surface area (Å²) in [6.45, 7) is 0. The molecule has 0 aromatic heterocycles. The number of nitrogens with two attached hydrogens (primary N) is 2. The van der Waals surface area contributed by atoms with E-state index in [9.17, 15) is 8.42 Å². The van der Waals surface area contributed by atoms with Gasteiger partial charge in [0.05, 0.1) is 11.9 Å². The number of hydrogen-bond acceptors (Lipinski definition) is 6. The van der Waals surface area contributed by atoms with E-state index in [4.69, 9.17) is 16.0 Å². The Kier molecular flexibility index (Phi) is 5.96. The predicted octanol–water partition coefficient (Wildman–Crippen LogP) is 2.10. The van der Waals surface area contributed by atoms with E-state index in [1.54, 1.807) is 0 Å². The van der Waals surface area contributed by atoms with Gasteiger partial charge in [0.25, 0.3) is 10.1 Å². The maximum Gasteiger partial charge on any atom is 0.296 e. The number of rotatable bonds is 5. The van der Waals surface area contributed by atoms with Gasteiger partial charge in [-0.25, -0.2) is 0 Å². The number of anilines is 1. The van der Waals surface area contributed by atoms with Crippen LogP contribution in [0.2, 0.25) is 0 Å². The van der Waals surface area contributed by atoms with E-state index in [0.29, 0.717) is 16.5 Å². The van der Waals surface area contributed by atoms with E-state index in [1.807, 2.05) is 30.3 Å². The highest BCUT2D eigenvalue weighted by atomic mass is 32.2. The molecule has 0 fully saturated rings. The van der Waals surface area contributed by atoms with Gasteiger partial charge in [-0.15, -0.1) is 5.10 Å². The van der Waals surface area contributed by atoms with Crippen LogP contribution in [0.15, 0.2) is 63.6 Å². The average Bonchev–Trinajstić information content (AvgIpc) is 2.53. The summed E-state index contributed by atoms with van der Waals surface area (Å²) in [5.74, 6) is 0.682. The second-order valence-corrected chi connectivity index (χ2v) is 7.11. The third kappa shape index (κ3) is 5.37. The van der Waals surface area contributed by atoms with Gasteiger partial charge in [0, 0.05) is 5.75 Å². The van der Waals surface area contributed by atoms with Crippen LogP contribution in [-0.4, -0.2) is 24.4 Å². The van der Waals surface area contributed by atoms with Crippen LogP contribution in [0.3, 0.4) is 0 Å². The fourth-order valence-electron chi connectivity index (χ4n) is 1.79. The molecule has 5 N–H and O–H groups in total. The standard InChI is InChI=1S/C15H16N4O3S2/c16-13-8-12(6-7-14(13)24(20,21)22)9-18-19-15(17)23-10-11-4-2-1-3-5-11/h1-9H,10,16H2,(H2,17,19)(H,20,21,22). The van der Waals surface area contributed by atoms with E-state index in [2.05, 4.69) is 10.2 Å². The third-order valence-corrected chi connectivity index (χ3v) is 4.69. The third-order valence-electron chi connectivity index (χ3n) is 2.90. The molecule has 0 spiro atoms. The van der Waals surface area contributed by atoms with Crippen molar-refractivity contribution < 1.29 is 13.0 Å². The van der Waals surface area contributed by atoms with Crippen molar-refractivity contribution in [3.63, 3.8) is 0 Å². The Hall–Kier alpha value is -2.36. The van der Waals surface area contributed by atoms with E-state index < -0.39 is 10.1 Å². The van der Waals surface area contributed by atoms with Crippen LogP contribution >= 0.6 is 11.8 Å². The van der Waals surface area contributed by atoms with Gasteiger partial charge in [-0.2, -0.15) is 13.5 Å². The summed E-state index contributed by atoms with van der Waals surface area (Å²) in [4.78, 5) is -0.346. The molecule has 0 saturated heterocycles. The fourth-order valence-corrected chi connectivity index (χ4v) is 3.00. The Morgan fingerprint density at radius 1 is 1.21 bits per heavy atom. The average molecular weight is 364 g/mol. The lowest BCUT2D eigenvalue weighted by Crippen LogP contribution is -2.06. The molecule has 0 unspecified atom stereocenters. The molecular weight excluding hydrogens is 348 g/mol. The van der Waals surface area contributed by atoms with Crippen LogP contribution in [0.25, 0.3) is 0 Å². The molecule has 126 valence electrons. The van der Waals surface area contributed by atoms with E-state index in [-0.39, 0.29) is 10.6 Å². The van der Waals surface area contributed by atoms with Gasteiger partial charge in [0.1, 0.15) is 4.90 Å². The quantitative estimate of drug-likeness (QED) is 0.245. The molecule has 9 heteroatoms. The minimum absolute atomic E-state index is 0.0724. The second kappa shape index (κ2) is 7.95. The summed E-state index contributed by atoms with van der Waals surface area (Å²) in [5.41, 5.74) is 12.9. The molecule has 0 amide bonds. The van der Waals surface area contributed by atoms with E-state index in [0.717, 1.165) is 5.56 Å². The first-order valence-corrected chi connectivity index (χ1v) is 9.19. The number of nitrogens with zero attached hydrogens (tertiary/aromatic N) is 2. The smallest absolute Gasteiger partial charge is 0.296 e. The Balaban J connectivity index is 1.99. The maximum atomic E-state index is 11.1. The van der Waals surface area contributed by atoms with Crippen LogP contribution in [-0.2, 0) is 15.9 Å². The zero-order valence-electron chi connectivity index (χ0n) is 12.5. The number of nitrogen functional groups attached to an aromatic ring is 1. The van der Waals surface area contributed by atoms with Gasteiger partial charge in [-0.05, 0) is 23.3 Å². The molecule has 0 saturated carbocycles. The second-order valence-electron chi connectivity index (χ2n) is 4.73. The number of thioether (sulfide) groups is 1. The summed E-state index contributed by atoms with van der Waals surface area (Å²) in [5, 5.41) is 7.99. The van der Waals surface area contributed by atoms with Crippen LogP contribution in [0.4, 0.5) is 5.69 Å². The largest absolute Gasteiger partial charge is 0.398 e. The summed E-state index contributed by atoms with van der Waals surface area (Å²) < 4.78 is 31.1. The molecular formula is C15H16N4O3S2. The summed E-state index contributed by atoms with van der Waals surface area (Å²) in [6.07, 6.45) is 1.39. The van der Waals surface area contributed by atoms with Gasteiger partial charge < -0.3 is 11.5 Å². The molecule has 0 atom stereocenters. The lowest BCUT2D eigenvalue weighted by Gasteiger charge is -2.02. The monoisotopic (exact) mass is 364 g/mol. The molecule has 2 rings (SSSR count). The molecule has 7 nitrogen and oxygen atoms in total. The van der Waals surface area contributed by atoms with Crippen LogP contribution < -0.4 is 11.5 Å². The summed E-state index contributed by atoms with van der Waals surface area (Å²) >= 11 is 1.35. The van der Waals surface area contributed by atoms with Crippen molar-refractivity contribution in [2.45, 2.75) is 10.6 Å². The number of benzene rings is 2. The minimum Gasteiger partial charge on any atom is -0.398 e.